The summed E-state index contributed by atoms with van der Waals surface area (Å²) >= 11 is 2.16. The van der Waals surface area contributed by atoms with Gasteiger partial charge in [-0.15, -0.1) is 0 Å². The third-order valence-electron chi connectivity index (χ3n) is 1.61. The van der Waals surface area contributed by atoms with Gasteiger partial charge in [-0.2, -0.15) is 4.98 Å². The van der Waals surface area contributed by atoms with Crippen LogP contribution in [0.25, 0.3) is 11.5 Å². The Hall–Kier alpha value is -1.31. The molecule has 5 nitrogen and oxygen atoms in total. The van der Waals surface area contributed by atoms with Gasteiger partial charge < -0.3 is 16.0 Å². The fourth-order valence-electron chi connectivity index (χ4n) is 1.09. The van der Waals surface area contributed by atoms with Crippen molar-refractivity contribution in [1.82, 2.24) is 10.1 Å². The first kappa shape index (κ1) is 9.25. The van der Waals surface area contributed by atoms with Crippen LogP contribution in [0.15, 0.2) is 22.7 Å². The first-order valence-electron chi connectivity index (χ1n) is 3.81. The molecule has 1 aromatic heterocycles. The van der Waals surface area contributed by atoms with E-state index in [2.05, 4.69) is 32.7 Å². The Morgan fingerprint density at radius 1 is 1.21 bits per heavy atom. The van der Waals surface area contributed by atoms with Gasteiger partial charge in [-0.05, 0) is 45.9 Å². The third kappa shape index (κ3) is 1.79. The molecule has 0 spiro atoms. The molecule has 1 heterocycles. The number of halogens is 1. The minimum Gasteiger partial charge on any atom is -0.399 e. The van der Waals surface area contributed by atoms with E-state index in [-0.39, 0.29) is 5.95 Å². The number of rotatable bonds is 1. The lowest BCUT2D eigenvalue weighted by molar-refractivity contribution is 0.433. The van der Waals surface area contributed by atoms with Gasteiger partial charge in [0.1, 0.15) is 0 Å². The van der Waals surface area contributed by atoms with E-state index in [0.717, 1.165) is 9.13 Å². The maximum atomic E-state index is 5.68. The van der Waals surface area contributed by atoms with Crippen LogP contribution < -0.4 is 11.5 Å². The molecule has 0 amide bonds. The summed E-state index contributed by atoms with van der Waals surface area (Å²) < 4.78 is 5.92. The minimum atomic E-state index is 0.123. The van der Waals surface area contributed by atoms with Crippen LogP contribution in [0.1, 0.15) is 0 Å². The quantitative estimate of drug-likeness (QED) is 0.615. The molecular formula is C8H7IN4O. The maximum absolute atomic E-state index is 5.68. The molecule has 72 valence electrons. The smallest absolute Gasteiger partial charge is 0.261 e. The summed E-state index contributed by atoms with van der Waals surface area (Å²) in [6.07, 6.45) is 0. The first-order valence-corrected chi connectivity index (χ1v) is 4.88. The van der Waals surface area contributed by atoms with Gasteiger partial charge in [0.25, 0.3) is 11.8 Å². The molecule has 14 heavy (non-hydrogen) atoms. The summed E-state index contributed by atoms with van der Waals surface area (Å²) in [5.41, 5.74) is 12.5. The highest BCUT2D eigenvalue weighted by Gasteiger charge is 2.07. The molecule has 0 aliphatic heterocycles. The number of anilines is 2. The summed E-state index contributed by atoms with van der Waals surface area (Å²) in [4.78, 5) is 3.90. The SMILES string of the molecule is Nc1cc(I)cc(-c2nc(N)no2)c1. The second-order valence-corrected chi connectivity index (χ2v) is 3.98. The molecule has 2 rings (SSSR count). The Bertz CT molecular complexity index is 448. The van der Waals surface area contributed by atoms with Crippen LogP contribution in [-0.4, -0.2) is 10.1 Å². The third-order valence-corrected chi connectivity index (χ3v) is 2.23. The molecule has 0 aliphatic rings. The van der Waals surface area contributed by atoms with Crippen molar-refractivity contribution in [2.75, 3.05) is 11.5 Å². The monoisotopic (exact) mass is 302 g/mol. The van der Waals surface area contributed by atoms with Crippen molar-refractivity contribution in [1.29, 1.82) is 0 Å². The van der Waals surface area contributed by atoms with E-state index >= 15 is 0 Å². The molecule has 0 saturated carbocycles. The van der Waals surface area contributed by atoms with Gasteiger partial charge in [0.15, 0.2) is 0 Å². The fraction of sp³-hybridized carbons (Fsp3) is 0. The molecule has 0 bridgehead atoms. The molecule has 4 N–H and O–H groups in total. The Labute approximate surface area is 93.6 Å². The zero-order valence-electron chi connectivity index (χ0n) is 7.07. The Balaban J connectivity index is 2.51. The van der Waals surface area contributed by atoms with E-state index < -0.39 is 0 Å². The highest BCUT2D eigenvalue weighted by molar-refractivity contribution is 14.1. The Morgan fingerprint density at radius 3 is 2.57 bits per heavy atom. The van der Waals surface area contributed by atoms with Crippen LogP contribution in [0.2, 0.25) is 0 Å². The zero-order chi connectivity index (χ0) is 10.1. The normalized spacial score (nSPS) is 10.4. The predicted molar refractivity (Wildman–Crippen MR) is 61.3 cm³/mol. The summed E-state index contributed by atoms with van der Waals surface area (Å²) in [6.45, 7) is 0. The molecular weight excluding hydrogens is 295 g/mol. The number of nitrogen functional groups attached to an aromatic ring is 2. The molecule has 0 unspecified atom stereocenters. The van der Waals surface area contributed by atoms with Crippen molar-refractivity contribution in [2.24, 2.45) is 0 Å². The van der Waals surface area contributed by atoms with Gasteiger partial charge >= 0.3 is 0 Å². The van der Waals surface area contributed by atoms with E-state index in [4.69, 9.17) is 16.0 Å². The van der Waals surface area contributed by atoms with Crippen molar-refractivity contribution < 1.29 is 4.52 Å². The lowest BCUT2D eigenvalue weighted by Gasteiger charge is -1.98. The van der Waals surface area contributed by atoms with Crippen LogP contribution >= 0.6 is 22.6 Å². The van der Waals surface area contributed by atoms with Crippen molar-refractivity contribution in [3.63, 3.8) is 0 Å². The van der Waals surface area contributed by atoms with Crippen molar-refractivity contribution in [3.8, 4) is 11.5 Å². The van der Waals surface area contributed by atoms with Crippen molar-refractivity contribution in [3.05, 3.63) is 21.8 Å². The van der Waals surface area contributed by atoms with Gasteiger partial charge in [0.2, 0.25) is 0 Å². The van der Waals surface area contributed by atoms with Gasteiger partial charge in [-0.1, -0.05) is 0 Å². The topological polar surface area (TPSA) is 91.0 Å². The highest BCUT2D eigenvalue weighted by atomic mass is 127. The summed E-state index contributed by atoms with van der Waals surface area (Å²) in [5.74, 6) is 0.505. The molecule has 1 aromatic carbocycles. The van der Waals surface area contributed by atoms with Crippen molar-refractivity contribution >= 4 is 34.2 Å². The fourth-order valence-corrected chi connectivity index (χ4v) is 1.78. The van der Waals surface area contributed by atoms with E-state index in [9.17, 15) is 0 Å². The highest BCUT2D eigenvalue weighted by Crippen LogP contribution is 2.23. The average Bonchev–Trinajstić information content (AvgIpc) is 2.50. The van der Waals surface area contributed by atoms with Crippen LogP contribution in [-0.2, 0) is 0 Å². The lowest BCUT2D eigenvalue weighted by atomic mass is 10.2. The number of hydrogen-bond acceptors (Lipinski definition) is 5. The molecule has 0 fully saturated rings. The molecule has 0 atom stereocenters. The minimum absolute atomic E-state index is 0.123. The van der Waals surface area contributed by atoms with Crippen LogP contribution in [0.5, 0.6) is 0 Å². The van der Waals surface area contributed by atoms with Gasteiger partial charge in [0, 0.05) is 14.8 Å². The standard InChI is InChI=1S/C8H7IN4O/c9-5-1-4(2-6(10)3-5)7-12-8(11)13-14-7/h1-3H,10H2,(H2,11,13). The number of nitrogens with two attached hydrogens (primary N) is 2. The summed E-state index contributed by atoms with van der Waals surface area (Å²) in [6, 6.07) is 5.50. The molecule has 0 aliphatic carbocycles. The summed E-state index contributed by atoms with van der Waals surface area (Å²) in [7, 11) is 0. The zero-order valence-corrected chi connectivity index (χ0v) is 9.22. The van der Waals surface area contributed by atoms with E-state index in [1.807, 2.05) is 12.1 Å². The molecule has 6 heteroatoms. The largest absolute Gasteiger partial charge is 0.399 e. The Morgan fingerprint density at radius 2 is 2.00 bits per heavy atom. The van der Waals surface area contributed by atoms with E-state index in [1.54, 1.807) is 6.07 Å². The average molecular weight is 302 g/mol. The predicted octanol–water partition coefficient (Wildman–Crippen LogP) is 1.51. The van der Waals surface area contributed by atoms with Gasteiger partial charge in [-0.25, -0.2) is 0 Å². The number of nitrogens with zero attached hydrogens (tertiary/aromatic N) is 2. The molecule has 0 radical (unpaired) electrons. The van der Waals surface area contributed by atoms with Crippen LogP contribution in [0, 0.1) is 3.57 Å². The van der Waals surface area contributed by atoms with Gasteiger partial charge in [-0.3, -0.25) is 0 Å². The van der Waals surface area contributed by atoms with Crippen LogP contribution in [0.3, 0.4) is 0 Å². The lowest BCUT2D eigenvalue weighted by Crippen LogP contribution is -1.89. The molecule has 0 saturated heterocycles. The Kier molecular flexibility index (Phi) is 2.28. The molecule has 2 aromatic rings. The number of benzene rings is 1. The van der Waals surface area contributed by atoms with E-state index in [0.29, 0.717) is 11.6 Å². The number of hydrogen-bond donors (Lipinski definition) is 2. The number of aromatic nitrogens is 2. The van der Waals surface area contributed by atoms with Crippen LogP contribution in [0.4, 0.5) is 11.6 Å². The first-order chi connectivity index (χ1) is 6.65. The summed E-state index contributed by atoms with van der Waals surface area (Å²) in [5, 5.41) is 3.50. The second kappa shape index (κ2) is 3.45. The van der Waals surface area contributed by atoms with Crippen molar-refractivity contribution in [2.45, 2.75) is 0 Å². The maximum Gasteiger partial charge on any atom is 0.261 e. The second-order valence-electron chi connectivity index (χ2n) is 2.73. The van der Waals surface area contributed by atoms with Gasteiger partial charge in [0.05, 0.1) is 0 Å². The van der Waals surface area contributed by atoms with E-state index in [1.165, 1.54) is 0 Å².